The van der Waals surface area contributed by atoms with E-state index >= 15 is 0 Å². The average Bonchev–Trinajstić information content (AvgIpc) is 2.40. The molecule has 2 heteroatoms. The Morgan fingerprint density at radius 2 is 2.18 bits per heavy atom. The molecule has 1 aromatic carbocycles. The summed E-state index contributed by atoms with van der Waals surface area (Å²) in [5, 5.41) is 4.59. The molecule has 0 saturated carbocycles. The van der Waals surface area contributed by atoms with E-state index < -0.39 is 0 Å². The first-order valence-corrected chi connectivity index (χ1v) is 6.34. The molecule has 0 radical (unpaired) electrons. The van der Waals surface area contributed by atoms with Crippen molar-refractivity contribution in [1.82, 2.24) is 10.3 Å². The summed E-state index contributed by atoms with van der Waals surface area (Å²) in [6.07, 6.45) is 5.35. The normalized spacial score (nSPS) is 12.8. The van der Waals surface area contributed by atoms with Crippen LogP contribution >= 0.6 is 0 Å². The Balaban J connectivity index is 2.09. The van der Waals surface area contributed by atoms with Gasteiger partial charge in [-0.3, -0.25) is 4.98 Å². The molecule has 1 unspecified atom stereocenters. The topological polar surface area (TPSA) is 24.9 Å². The lowest BCUT2D eigenvalue weighted by atomic mass is 10.0. The SMILES string of the molecule is CCC(CCc1ccc2ncccc2c1)NC. The van der Waals surface area contributed by atoms with Crippen molar-refractivity contribution in [3.8, 4) is 0 Å². The minimum Gasteiger partial charge on any atom is -0.317 e. The molecule has 90 valence electrons. The van der Waals surface area contributed by atoms with Crippen molar-refractivity contribution in [3.63, 3.8) is 0 Å². The molecule has 1 atom stereocenters. The minimum absolute atomic E-state index is 0.625. The third kappa shape index (κ3) is 3.04. The molecule has 0 aliphatic carbocycles. The Morgan fingerprint density at radius 1 is 1.29 bits per heavy atom. The number of nitrogens with zero attached hydrogens (tertiary/aromatic N) is 1. The van der Waals surface area contributed by atoms with E-state index in [0.29, 0.717) is 6.04 Å². The van der Waals surface area contributed by atoms with Gasteiger partial charge in [-0.2, -0.15) is 0 Å². The summed E-state index contributed by atoms with van der Waals surface area (Å²) in [6.45, 7) is 2.23. The highest BCUT2D eigenvalue weighted by Crippen LogP contribution is 2.15. The predicted octanol–water partition coefficient (Wildman–Crippen LogP) is 3.17. The molecule has 17 heavy (non-hydrogen) atoms. The number of aryl methyl sites for hydroxylation is 1. The standard InChI is InChI=1S/C15H20N2/c1-3-14(16-2)8-6-12-7-9-15-13(11-12)5-4-10-17-15/h4-5,7,9-11,14,16H,3,6,8H2,1-2H3. The van der Waals surface area contributed by atoms with Crippen LogP contribution in [0.4, 0.5) is 0 Å². The van der Waals surface area contributed by atoms with E-state index in [0.717, 1.165) is 11.9 Å². The molecular formula is C15H20N2. The van der Waals surface area contributed by atoms with E-state index in [-0.39, 0.29) is 0 Å². The van der Waals surface area contributed by atoms with Gasteiger partial charge < -0.3 is 5.32 Å². The van der Waals surface area contributed by atoms with Crippen LogP contribution < -0.4 is 5.32 Å². The van der Waals surface area contributed by atoms with E-state index in [1.165, 1.54) is 23.8 Å². The van der Waals surface area contributed by atoms with Crippen LogP contribution in [0.3, 0.4) is 0 Å². The summed E-state index contributed by atoms with van der Waals surface area (Å²) in [7, 11) is 2.04. The Bertz CT molecular complexity index is 475. The number of fused-ring (bicyclic) bond motifs is 1. The van der Waals surface area contributed by atoms with Gasteiger partial charge in [0.25, 0.3) is 0 Å². The predicted molar refractivity (Wildman–Crippen MR) is 73.2 cm³/mol. The number of rotatable bonds is 5. The summed E-state index contributed by atoms with van der Waals surface area (Å²) in [4.78, 5) is 4.34. The average molecular weight is 228 g/mol. The van der Waals surface area contributed by atoms with Crippen molar-refractivity contribution in [2.75, 3.05) is 7.05 Å². The molecule has 1 aromatic heterocycles. The molecule has 0 saturated heterocycles. The fourth-order valence-electron chi connectivity index (χ4n) is 2.17. The van der Waals surface area contributed by atoms with Gasteiger partial charge in [0.2, 0.25) is 0 Å². The van der Waals surface area contributed by atoms with Crippen molar-refractivity contribution in [2.24, 2.45) is 0 Å². The van der Waals surface area contributed by atoms with E-state index in [9.17, 15) is 0 Å². The van der Waals surface area contributed by atoms with Crippen LogP contribution in [-0.4, -0.2) is 18.1 Å². The first-order valence-electron chi connectivity index (χ1n) is 6.34. The van der Waals surface area contributed by atoms with Crippen LogP contribution in [0.1, 0.15) is 25.3 Å². The first kappa shape index (κ1) is 12.1. The van der Waals surface area contributed by atoms with Crippen molar-refractivity contribution in [3.05, 3.63) is 42.1 Å². The van der Waals surface area contributed by atoms with Gasteiger partial charge in [-0.1, -0.05) is 19.1 Å². The lowest BCUT2D eigenvalue weighted by Crippen LogP contribution is -2.24. The Morgan fingerprint density at radius 3 is 2.94 bits per heavy atom. The summed E-state index contributed by atoms with van der Waals surface area (Å²) < 4.78 is 0. The second-order valence-electron chi connectivity index (χ2n) is 4.46. The Labute approximate surface area is 103 Å². The number of pyridine rings is 1. The smallest absolute Gasteiger partial charge is 0.0702 e. The number of hydrogen-bond acceptors (Lipinski definition) is 2. The zero-order valence-electron chi connectivity index (χ0n) is 10.6. The fraction of sp³-hybridized carbons (Fsp3) is 0.400. The maximum atomic E-state index is 4.34. The molecule has 0 spiro atoms. The molecule has 2 nitrogen and oxygen atoms in total. The van der Waals surface area contributed by atoms with Gasteiger partial charge in [0.05, 0.1) is 5.52 Å². The Hall–Kier alpha value is -1.41. The van der Waals surface area contributed by atoms with Crippen LogP contribution in [0.2, 0.25) is 0 Å². The van der Waals surface area contributed by atoms with Crippen LogP contribution in [-0.2, 0) is 6.42 Å². The number of hydrogen-bond donors (Lipinski definition) is 1. The lowest BCUT2D eigenvalue weighted by molar-refractivity contribution is 0.509. The maximum absolute atomic E-state index is 4.34. The van der Waals surface area contributed by atoms with Gasteiger partial charge in [0.1, 0.15) is 0 Å². The zero-order chi connectivity index (χ0) is 12.1. The van der Waals surface area contributed by atoms with Crippen LogP contribution in [0.15, 0.2) is 36.5 Å². The molecular weight excluding hydrogens is 208 g/mol. The molecule has 0 aliphatic heterocycles. The fourth-order valence-corrected chi connectivity index (χ4v) is 2.17. The molecule has 0 fully saturated rings. The van der Waals surface area contributed by atoms with Crippen molar-refractivity contribution in [1.29, 1.82) is 0 Å². The number of benzene rings is 1. The second-order valence-corrected chi connectivity index (χ2v) is 4.46. The highest BCUT2D eigenvalue weighted by atomic mass is 14.9. The molecule has 1 heterocycles. The molecule has 0 aliphatic rings. The second kappa shape index (κ2) is 5.78. The van der Waals surface area contributed by atoms with Crippen molar-refractivity contribution in [2.45, 2.75) is 32.2 Å². The van der Waals surface area contributed by atoms with Crippen LogP contribution in [0.25, 0.3) is 10.9 Å². The molecule has 2 aromatic rings. The minimum atomic E-state index is 0.625. The van der Waals surface area contributed by atoms with Gasteiger partial charge in [-0.15, -0.1) is 0 Å². The van der Waals surface area contributed by atoms with Gasteiger partial charge in [0, 0.05) is 17.6 Å². The molecule has 2 rings (SSSR count). The van der Waals surface area contributed by atoms with Gasteiger partial charge in [-0.05, 0) is 50.1 Å². The summed E-state index contributed by atoms with van der Waals surface area (Å²) in [5.74, 6) is 0. The summed E-state index contributed by atoms with van der Waals surface area (Å²) >= 11 is 0. The third-order valence-corrected chi connectivity index (χ3v) is 3.35. The van der Waals surface area contributed by atoms with Gasteiger partial charge in [-0.25, -0.2) is 0 Å². The van der Waals surface area contributed by atoms with E-state index in [1.807, 2.05) is 19.3 Å². The van der Waals surface area contributed by atoms with Crippen molar-refractivity contribution >= 4 is 10.9 Å². The lowest BCUT2D eigenvalue weighted by Gasteiger charge is -2.13. The first-order chi connectivity index (χ1) is 8.33. The summed E-state index contributed by atoms with van der Waals surface area (Å²) in [6, 6.07) is 11.3. The quantitative estimate of drug-likeness (QED) is 0.850. The van der Waals surface area contributed by atoms with Crippen molar-refractivity contribution < 1.29 is 0 Å². The largest absolute Gasteiger partial charge is 0.317 e. The molecule has 1 N–H and O–H groups in total. The Kier molecular flexibility index (Phi) is 4.10. The van der Waals surface area contributed by atoms with Crippen LogP contribution in [0, 0.1) is 0 Å². The van der Waals surface area contributed by atoms with E-state index in [4.69, 9.17) is 0 Å². The van der Waals surface area contributed by atoms with Crippen LogP contribution in [0.5, 0.6) is 0 Å². The third-order valence-electron chi connectivity index (χ3n) is 3.35. The van der Waals surface area contributed by atoms with Gasteiger partial charge in [0.15, 0.2) is 0 Å². The maximum Gasteiger partial charge on any atom is 0.0702 e. The van der Waals surface area contributed by atoms with Gasteiger partial charge >= 0.3 is 0 Å². The number of aromatic nitrogens is 1. The van der Waals surface area contributed by atoms with E-state index in [1.54, 1.807) is 0 Å². The highest BCUT2D eigenvalue weighted by molar-refractivity contribution is 5.78. The highest BCUT2D eigenvalue weighted by Gasteiger charge is 2.03. The molecule has 0 amide bonds. The number of nitrogens with one attached hydrogen (secondary N) is 1. The molecule has 0 bridgehead atoms. The monoisotopic (exact) mass is 228 g/mol. The summed E-state index contributed by atoms with van der Waals surface area (Å²) in [5.41, 5.74) is 2.48. The zero-order valence-corrected chi connectivity index (χ0v) is 10.6. The van der Waals surface area contributed by atoms with E-state index in [2.05, 4.69) is 41.5 Å².